The summed E-state index contributed by atoms with van der Waals surface area (Å²) in [6.07, 6.45) is 5.10. The lowest BCUT2D eigenvalue weighted by Crippen LogP contribution is -2.48. The number of aromatic nitrogens is 2. The Bertz CT molecular complexity index is 1070. The molecule has 3 aromatic rings. The number of aliphatic imine (C=N–C) groups is 1. The Kier molecular flexibility index (Phi) is 5.89. The summed E-state index contributed by atoms with van der Waals surface area (Å²) in [5.74, 6) is 1.09. The fourth-order valence-electron chi connectivity index (χ4n) is 4.22. The van der Waals surface area contributed by atoms with Crippen molar-refractivity contribution in [3.05, 3.63) is 53.2 Å². The number of thioether (sulfide) groups is 1. The summed E-state index contributed by atoms with van der Waals surface area (Å²) in [7, 11) is 0. The van der Waals surface area contributed by atoms with Crippen LogP contribution in [-0.4, -0.2) is 57.5 Å². The highest BCUT2D eigenvalue weighted by Gasteiger charge is 2.32. The van der Waals surface area contributed by atoms with E-state index < -0.39 is 0 Å². The fourth-order valence-corrected chi connectivity index (χ4v) is 6.32. The van der Waals surface area contributed by atoms with Crippen LogP contribution in [0.5, 0.6) is 0 Å². The number of piperazine rings is 1. The summed E-state index contributed by atoms with van der Waals surface area (Å²) in [5.41, 5.74) is 1.41. The minimum absolute atomic E-state index is 0.235. The Labute approximate surface area is 192 Å². The van der Waals surface area contributed by atoms with Gasteiger partial charge in [-0.3, -0.25) is 4.99 Å². The minimum atomic E-state index is 0.235. The maximum absolute atomic E-state index is 4.78. The number of aryl methyl sites for hydroxylation is 2. The zero-order valence-electron chi connectivity index (χ0n) is 18.3. The van der Waals surface area contributed by atoms with Crippen LogP contribution in [0.3, 0.4) is 0 Å². The normalized spacial score (nSPS) is 18.6. The average Bonchev–Trinajstić information content (AvgIpc) is 3.37. The molecule has 0 unspecified atom stereocenters. The summed E-state index contributed by atoms with van der Waals surface area (Å²) in [6.45, 7) is 9.42. The third kappa shape index (κ3) is 4.72. The molecule has 5 nitrogen and oxygen atoms in total. The molecule has 0 bridgehead atoms. The van der Waals surface area contributed by atoms with Gasteiger partial charge in [0.25, 0.3) is 0 Å². The van der Waals surface area contributed by atoms with Crippen molar-refractivity contribution in [1.82, 2.24) is 14.9 Å². The molecule has 0 spiro atoms. The molecule has 162 valence electrons. The van der Waals surface area contributed by atoms with Crippen LogP contribution in [-0.2, 0) is 12.8 Å². The third-order valence-corrected chi connectivity index (χ3v) is 8.26. The number of amidine groups is 1. The maximum atomic E-state index is 4.78. The van der Waals surface area contributed by atoms with Crippen molar-refractivity contribution < 1.29 is 0 Å². The first-order valence-corrected chi connectivity index (χ1v) is 12.7. The molecule has 0 radical (unpaired) electrons. The van der Waals surface area contributed by atoms with Gasteiger partial charge < -0.3 is 9.80 Å². The maximum Gasteiger partial charge on any atom is 0.159 e. The Balaban J connectivity index is 1.23. The highest BCUT2D eigenvalue weighted by molar-refractivity contribution is 8.15. The largest absolute Gasteiger partial charge is 0.352 e. The molecule has 0 saturated carbocycles. The van der Waals surface area contributed by atoms with Crippen molar-refractivity contribution in [2.45, 2.75) is 37.9 Å². The molecule has 0 N–H and O–H groups in total. The van der Waals surface area contributed by atoms with Gasteiger partial charge in [0.05, 0.1) is 11.9 Å². The molecule has 1 fully saturated rings. The van der Waals surface area contributed by atoms with E-state index in [4.69, 9.17) is 4.99 Å². The quantitative estimate of drug-likeness (QED) is 0.554. The highest BCUT2D eigenvalue weighted by atomic mass is 32.2. The molecule has 0 atom stereocenters. The van der Waals surface area contributed by atoms with Crippen molar-refractivity contribution in [2.24, 2.45) is 4.99 Å². The Morgan fingerprint density at radius 2 is 1.74 bits per heavy atom. The number of hydrogen-bond donors (Lipinski definition) is 0. The van der Waals surface area contributed by atoms with Crippen LogP contribution in [0.1, 0.15) is 30.7 Å². The Morgan fingerprint density at radius 3 is 2.48 bits per heavy atom. The van der Waals surface area contributed by atoms with E-state index in [-0.39, 0.29) is 4.75 Å². The molecule has 2 aliphatic heterocycles. The number of rotatable bonds is 5. The van der Waals surface area contributed by atoms with Gasteiger partial charge in [-0.05, 0) is 44.7 Å². The molecule has 2 aliphatic rings. The zero-order valence-corrected chi connectivity index (χ0v) is 19.9. The second kappa shape index (κ2) is 8.79. The number of nitrogens with zero attached hydrogens (tertiary/aromatic N) is 5. The van der Waals surface area contributed by atoms with Crippen LogP contribution in [0.15, 0.2) is 47.7 Å². The van der Waals surface area contributed by atoms with Crippen molar-refractivity contribution in [3.63, 3.8) is 0 Å². The van der Waals surface area contributed by atoms with E-state index in [0.717, 1.165) is 62.6 Å². The van der Waals surface area contributed by atoms with Crippen molar-refractivity contribution in [2.75, 3.05) is 37.6 Å². The average molecular weight is 452 g/mol. The van der Waals surface area contributed by atoms with Crippen molar-refractivity contribution in [1.29, 1.82) is 0 Å². The van der Waals surface area contributed by atoms with Crippen LogP contribution in [0.25, 0.3) is 10.2 Å². The zero-order chi connectivity index (χ0) is 21.3. The van der Waals surface area contributed by atoms with Gasteiger partial charge in [-0.15, -0.1) is 11.3 Å². The van der Waals surface area contributed by atoms with E-state index in [0.29, 0.717) is 0 Å². The van der Waals surface area contributed by atoms with Gasteiger partial charge in [0.15, 0.2) is 5.17 Å². The van der Waals surface area contributed by atoms with Crippen LogP contribution in [0, 0.1) is 0 Å². The number of anilines is 1. The number of benzene rings is 1. The van der Waals surface area contributed by atoms with Gasteiger partial charge in [-0.25, -0.2) is 9.97 Å². The lowest BCUT2D eigenvalue weighted by Gasteiger charge is -2.36. The van der Waals surface area contributed by atoms with E-state index in [1.807, 2.05) is 23.1 Å². The summed E-state index contributed by atoms with van der Waals surface area (Å²) < 4.78 is 0.235. The molecule has 31 heavy (non-hydrogen) atoms. The van der Waals surface area contributed by atoms with E-state index in [2.05, 4.69) is 70.0 Å². The molecule has 0 amide bonds. The monoisotopic (exact) mass is 451 g/mol. The molecule has 5 rings (SSSR count). The lowest BCUT2D eigenvalue weighted by molar-refractivity contribution is 0.391. The van der Waals surface area contributed by atoms with Gasteiger partial charge in [0, 0.05) is 35.8 Å². The van der Waals surface area contributed by atoms with Crippen LogP contribution in [0.2, 0.25) is 0 Å². The second-order valence-electron chi connectivity index (χ2n) is 8.90. The van der Waals surface area contributed by atoms with E-state index in [1.54, 1.807) is 6.33 Å². The third-order valence-electron chi connectivity index (χ3n) is 5.90. The van der Waals surface area contributed by atoms with E-state index >= 15 is 0 Å². The van der Waals surface area contributed by atoms with Gasteiger partial charge in [0.1, 0.15) is 17.0 Å². The SMILES string of the molecule is CC1(C)CN=C(N2CCN(c3ncnc4sc(CCCc5ccccc5)cc34)CC2)S1. The molecule has 2 aromatic heterocycles. The Morgan fingerprint density at radius 1 is 0.968 bits per heavy atom. The molecular weight excluding hydrogens is 422 g/mol. The summed E-state index contributed by atoms with van der Waals surface area (Å²) in [5, 5.41) is 2.43. The van der Waals surface area contributed by atoms with Crippen molar-refractivity contribution >= 4 is 44.3 Å². The molecule has 0 aliphatic carbocycles. The first kappa shape index (κ1) is 20.8. The van der Waals surface area contributed by atoms with Gasteiger partial charge in [-0.2, -0.15) is 0 Å². The molecule has 1 aromatic carbocycles. The van der Waals surface area contributed by atoms with Crippen LogP contribution >= 0.6 is 23.1 Å². The highest BCUT2D eigenvalue weighted by Crippen LogP contribution is 2.35. The predicted octanol–water partition coefficient (Wildman–Crippen LogP) is 4.87. The van der Waals surface area contributed by atoms with E-state index in [9.17, 15) is 0 Å². The van der Waals surface area contributed by atoms with Gasteiger partial charge in [0.2, 0.25) is 0 Å². The number of thiophene rings is 1. The summed E-state index contributed by atoms with van der Waals surface area (Å²) in [4.78, 5) is 21.4. The second-order valence-corrected chi connectivity index (χ2v) is 11.7. The standard InChI is InChI=1S/C24H29N5S2/c1-24(2)16-25-23(31-24)29-13-11-28(12-14-29)21-20-15-19(30-22(20)27-17-26-21)10-6-9-18-7-4-3-5-8-18/h3-5,7-8,15,17H,6,9-14,16H2,1-2H3. The fraction of sp³-hybridized carbons (Fsp3) is 0.458. The predicted molar refractivity (Wildman–Crippen MR) is 134 cm³/mol. The van der Waals surface area contributed by atoms with Crippen LogP contribution < -0.4 is 4.90 Å². The smallest absolute Gasteiger partial charge is 0.159 e. The van der Waals surface area contributed by atoms with Gasteiger partial charge in [-0.1, -0.05) is 42.1 Å². The number of hydrogen-bond acceptors (Lipinski definition) is 7. The Hall–Kier alpha value is -2.12. The number of fused-ring (bicyclic) bond motifs is 1. The molecular formula is C24H29N5S2. The van der Waals surface area contributed by atoms with Crippen LogP contribution in [0.4, 0.5) is 5.82 Å². The summed E-state index contributed by atoms with van der Waals surface area (Å²) in [6, 6.07) is 13.1. The summed E-state index contributed by atoms with van der Waals surface area (Å²) >= 11 is 3.74. The topological polar surface area (TPSA) is 44.6 Å². The first-order valence-electron chi connectivity index (χ1n) is 11.1. The minimum Gasteiger partial charge on any atom is -0.352 e. The van der Waals surface area contributed by atoms with Gasteiger partial charge >= 0.3 is 0 Å². The first-order chi connectivity index (χ1) is 15.1. The van der Waals surface area contributed by atoms with E-state index in [1.165, 1.54) is 21.0 Å². The van der Waals surface area contributed by atoms with Crippen molar-refractivity contribution in [3.8, 4) is 0 Å². The lowest BCUT2D eigenvalue weighted by atomic mass is 10.1. The molecule has 7 heteroatoms. The molecule has 4 heterocycles. The molecule has 1 saturated heterocycles.